The maximum Gasteiger partial charge on any atom is 0.220 e. The molecule has 0 fully saturated rings. The highest BCUT2D eigenvalue weighted by atomic mass is 16.1. The molecule has 1 amide bonds. The van der Waals surface area contributed by atoms with Crippen LogP contribution in [-0.2, 0) is 11.2 Å². The first-order valence-electron chi connectivity index (χ1n) is 9.62. The van der Waals surface area contributed by atoms with Crippen molar-refractivity contribution in [3.8, 4) is 0 Å². The Morgan fingerprint density at radius 3 is 2.57 bits per heavy atom. The van der Waals surface area contributed by atoms with E-state index in [-0.39, 0.29) is 11.9 Å². The van der Waals surface area contributed by atoms with E-state index in [9.17, 15) is 4.79 Å². The SMILES string of the molecule is Cc1nc2c3ccccc3nn2c(C)c1CCC(=O)N[C@H](C)c1ccccc1. The molecule has 1 atom stereocenters. The molecule has 4 aromatic rings. The Morgan fingerprint density at radius 2 is 1.79 bits per heavy atom. The minimum Gasteiger partial charge on any atom is -0.350 e. The number of aryl methyl sites for hydroxylation is 2. The predicted octanol–water partition coefficient (Wildman–Crippen LogP) is 4.31. The van der Waals surface area contributed by atoms with Crippen LogP contribution in [0.4, 0.5) is 0 Å². The molecular formula is C23H24N4O. The summed E-state index contributed by atoms with van der Waals surface area (Å²) in [6.45, 7) is 6.06. The van der Waals surface area contributed by atoms with Gasteiger partial charge in [-0.05, 0) is 50.5 Å². The number of aromatic nitrogens is 3. The number of carbonyl (C=O) groups is 1. The van der Waals surface area contributed by atoms with Crippen molar-refractivity contribution in [2.45, 2.75) is 39.7 Å². The van der Waals surface area contributed by atoms with Crippen molar-refractivity contribution in [1.82, 2.24) is 19.9 Å². The van der Waals surface area contributed by atoms with Crippen LogP contribution in [0.2, 0.25) is 0 Å². The number of carbonyl (C=O) groups excluding carboxylic acids is 1. The summed E-state index contributed by atoms with van der Waals surface area (Å²) in [6.07, 6.45) is 1.07. The summed E-state index contributed by atoms with van der Waals surface area (Å²) < 4.78 is 1.90. The molecule has 0 aliphatic rings. The first-order valence-corrected chi connectivity index (χ1v) is 9.62. The molecule has 2 aromatic heterocycles. The lowest BCUT2D eigenvalue weighted by atomic mass is 10.1. The molecule has 5 heteroatoms. The van der Waals surface area contributed by atoms with Crippen molar-refractivity contribution in [3.05, 3.63) is 77.1 Å². The van der Waals surface area contributed by atoms with Crippen LogP contribution in [0.25, 0.3) is 16.6 Å². The van der Waals surface area contributed by atoms with E-state index in [2.05, 4.69) is 10.4 Å². The van der Waals surface area contributed by atoms with Crippen molar-refractivity contribution in [2.75, 3.05) is 0 Å². The number of amides is 1. The fraction of sp³-hybridized carbons (Fsp3) is 0.261. The Balaban J connectivity index is 1.53. The number of nitrogens with zero attached hydrogens (tertiary/aromatic N) is 3. The van der Waals surface area contributed by atoms with Gasteiger partial charge in [0.2, 0.25) is 5.91 Å². The van der Waals surface area contributed by atoms with Gasteiger partial charge in [0.1, 0.15) is 0 Å². The Labute approximate surface area is 164 Å². The molecule has 0 aliphatic carbocycles. The standard InChI is InChI=1S/C23H24N4O/c1-15(18-9-5-4-6-10-18)24-22(28)14-13-19-16(2)25-23-20-11-7-8-12-21(20)26-27(23)17(19)3/h4-12,15H,13-14H2,1-3H3,(H,24,28)/t15-/m1/s1. The third-order valence-electron chi connectivity index (χ3n) is 5.30. The largest absolute Gasteiger partial charge is 0.350 e. The summed E-state index contributed by atoms with van der Waals surface area (Å²) in [5, 5.41) is 8.82. The summed E-state index contributed by atoms with van der Waals surface area (Å²) in [7, 11) is 0. The van der Waals surface area contributed by atoms with Gasteiger partial charge in [-0.15, -0.1) is 0 Å². The van der Waals surface area contributed by atoms with Gasteiger partial charge in [-0.1, -0.05) is 42.5 Å². The summed E-state index contributed by atoms with van der Waals surface area (Å²) >= 11 is 0. The Hall–Kier alpha value is -3.21. The molecule has 0 radical (unpaired) electrons. The van der Waals surface area contributed by atoms with Gasteiger partial charge >= 0.3 is 0 Å². The number of hydrogen-bond donors (Lipinski definition) is 1. The molecule has 0 aliphatic heterocycles. The first-order chi connectivity index (χ1) is 13.5. The van der Waals surface area contributed by atoms with Crippen LogP contribution in [0.1, 0.15) is 41.9 Å². The van der Waals surface area contributed by atoms with Gasteiger partial charge in [-0.3, -0.25) is 4.79 Å². The molecule has 2 aromatic carbocycles. The zero-order valence-electron chi connectivity index (χ0n) is 16.4. The highest BCUT2D eigenvalue weighted by Crippen LogP contribution is 2.23. The number of hydrogen-bond acceptors (Lipinski definition) is 3. The van der Waals surface area contributed by atoms with Gasteiger partial charge in [0.15, 0.2) is 5.65 Å². The van der Waals surface area contributed by atoms with Crippen LogP contribution in [-0.4, -0.2) is 20.5 Å². The van der Waals surface area contributed by atoms with Crippen LogP contribution >= 0.6 is 0 Å². The molecule has 5 nitrogen and oxygen atoms in total. The summed E-state index contributed by atoms with van der Waals surface area (Å²) in [4.78, 5) is 17.3. The predicted molar refractivity (Wildman–Crippen MR) is 111 cm³/mol. The Bertz CT molecular complexity index is 1150. The number of benzene rings is 2. The molecule has 0 spiro atoms. The highest BCUT2D eigenvalue weighted by molar-refractivity contribution is 5.92. The number of nitrogens with one attached hydrogen (secondary N) is 1. The molecule has 4 rings (SSSR count). The van der Waals surface area contributed by atoms with E-state index in [4.69, 9.17) is 4.98 Å². The molecule has 2 heterocycles. The minimum atomic E-state index is -0.00656. The summed E-state index contributed by atoms with van der Waals surface area (Å²) in [6, 6.07) is 18.0. The van der Waals surface area contributed by atoms with Crippen LogP contribution in [0.5, 0.6) is 0 Å². The van der Waals surface area contributed by atoms with Crippen molar-refractivity contribution in [1.29, 1.82) is 0 Å². The lowest BCUT2D eigenvalue weighted by Gasteiger charge is -2.15. The zero-order valence-corrected chi connectivity index (χ0v) is 16.4. The molecule has 28 heavy (non-hydrogen) atoms. The lowest BCUT2D eigenvalue weighted by Crippen LogP contribution is -2.27. The average Bonchev–Trinajstić information content (AvgIpc) is 3.07. The summed E-state index contributed by atoms with van der Waals surface area (Å²) in [5.74, 6) is 0.0425. The van der Waals surface area contributed by atoms with E-state index < -0.39 is 0 Å². The third kappa shape index (κ3) is 3.36. The van der Waals surface area contributed by atoms with Gasteiger partial charge in [-0.2, -0.15) is 5.10 Å². The maximum absolute atomic E-state index is 12.5. The number of fused-ring (bicyclic) bond motifs is 3. The van der Waals surface area contributed by atoms with Crippen LogP contribution in [0, 0.1) is 13.8 Å². The van der Waals surface area contributed by atoms with Crippen LogP contribution < -0.4 is 5.32 Å². The van der Waals surface area contributed by atoms with Crippen molar-refractivity contribution in [2.24, 2.45) is 0 Å². The smallest absolute Gasteiger partial charge is 0.220 e. The van der Waals surface area contributed by atoms with E-state index in [0.29, 0.717) is 12.8 Å². The first kappa shape index (κ1) is 18.2. The third-order valence-corrected chi connectivity index (χ3v) is 5.30. The molecule has 142 valence electrons. The molecular weight excluding hydrogens is 348 g/mol. The van der Waals surface area contributed by atoms with Gasteiger partial charge in [0, 0.05) is 23.2 Å². The van der Waals surface area contributed by atoms with Gasteiger partial charge in [-0.25, -0.2) is 9.50 Å². The van der Waals surface area contributed by atoms with Crippen molar-refractivity contribution in [3.63, 3.8) is 0 Å². The normalized spacial score (nSPS) is 12.4. The average molecular weight is 372 g/mol. The number of rotatable bonds is 5. The van der Waals surface area contributed by atoms with Gasteiger partial charge in [0.05, 0.1) is 11.6 Å². The molecule has 0 unspecified atom stereocenters. The zero-order chi connectivity index (χ0) is 19.7. The van der Waals surface area contributed by atoms with Crippen LogP contribution in [0.15, 0.2) is 54.6 Å². The molecule has 0 saturated carbocycles. The van der Waals surface area contributed by atoms with Crippen LogP contribution in [0.3, 0.4) is 0 Å². The minimum absolute atomic E-state index is 0.00656. The van der Waals surface area contributed by atoms with E-state index in [1.807, 2.05) is 79.9 Å². The topological polar surface area (TPSA) is 59.3 Å². The van der Waals surface area contributed by atoms with E-state index in [1.54, 1.807) is 0 Å². The monoisotopic (exact) mass is 372 g/mol. The molecule has 1 N–H and O–H groups in total. The fourth-order valence-corrected chi connectivity index (χ4v) is 3.72. The van der Waals surface area contributed by atoms with Gasteiger partial charge in [0.25, 0.3) is 0 Å². The van der Waals surface area contributed by atoms with Crippen molar-refractivity contribution < 1.29 is 4.79 Å². The van der Waals surface area contributed by atoms with Crippen molar-refractivity contribution >= 4 is 22.5 Å². The summed E-state index contributed by atoms with van der Waals surface area (Å²) in [5.41, 5.74) is 6.00. The second-order valence-electron chi connectivity index (χ2n) is 7.21. The second-order valence-corrected chi connectivity index (χ2v) is 7.21. The van der Waals surface area contributed by atoms with Gasteiger partial charge < -0.3 is 5.32 Å². The van der Waals surface area contributed by atoms with E-state index in [0.717, 1.165) is 39.1 Å². The quantitative estimate of drug-likeness (QED) is 0.568. The highest BCUT2D eigenvalue weighted by Gasteiger charge is 2.15. The Morgan fingerprint density at radius 1 is 1.07 bits per heavy atom. The van der Waals surface area contributed by atoms with E-state index in [1.165, 1.54) is 0 Å². The maximum atomic E-state index is 12.5. The Kier molecular flexibility index (Phi) is 4.82. The second kappa shape index (κ2) is 7.43. The lowest BCUT2D eigenvalue weighted by molar-refractivity contribution is -0.121. The molecule has 0 saturated heterocycles. The van der Waals surface area contributed by atoms with E-state index >= 15 is 0 Å². The fourth-order valence-electron chi connectivity index (χ4n) is 3.72. The molecule has 0 bridgehead atoms.